The van der Waals surface area contributed by atoms with Crippen molar-refractivity contribution in [2.24, 2.45) is 13.0 Å². The first-order valence-electron chi connectivity index (χ1n) is 21.9. The standard InChI is InChI=1S/C44H48F3N11O6/c1-53-39-26(4-2-6-33(39)58(44(53)62)34-11-12-37(59)51-43(34)61)5-3-17-63-35-13-15-54(22-31(35)45)20-25-7-9-27(10-8-25)57-23-32(38(52-57)40(46)47)49-42(60)30-19-48-56-16-14-36(50-41(30)56)55-21-29-18-28(55)24-64-29/h2,4,6,14,16,19,23,25,27-29,31,34-35,40H,7-13,15,17-18,20-22,24H2,1H3,(H,49,60)(H,51,59,61)/t25?,27?,28-,29-,31+,34?,35-/m1/s1. The van der Waals surface area contributed by atoms with Crippen molar-refractivity contribution < 1.29 is 37.0 Å². The quantitative estimate of drug-likeness (QED) is 0.154. The van der Waals surface area contributed by atoms with Crippen LogP contribution in [-0.4, -0.2) is 120 Å². The maximum absolute atomic E-state index is 15.5. The number of nitrogens with zero attached hydrogens (tertiary/aromatic N) is 9. The first kappa shape index (κ1) is 41.9. The number of benzene rings is 1. The fourth-order valence-corrected chi connectivity index (χ4v) is 10.2. The van der Waals surface area contributed by atoms with E-state index in [1.165, 1.54) is 26.0 Å². The molecule has 64 heavy (non-hydrogen) atoms. The highest BCUT2D eigenvalue weighted by Crippen LogP contribution is 2.37. The van der Waals surface area contributed by atoms with Gasteiger partial charge in [0.15, 0.2) is 11.3 Å². The summed E-state index contributed by atoms with van der Waals surface area (Å²) in [4.78, 5) is 60.1. The topological polar surface area (TPSA) is 175 Å². The number of imidazole rings is 1. The second kappa shape index (κ2) is 17.2. The second-order valence-electron chi connectivity index (χ2n) is 17.5. The number of morpholine rings is 1. The van der Waals surface area contributed by atoms with Crippen molar-refractivity contribution in [3.8, 4) is 11.8 Å². The van der Waals surface area contributed by atoms with Crippen LogP contribution in [0.15, 0.2) is 47.7 Å². The molecule has 4 saturated heterocycles. The van der Waals surface area contributed by atoms with Gasteiger partial charge in [0.25, 0.3) is 12.3 Å². The molecule has 1 unspecified atom stereocenters. The number of alkyl halides is 3. The molecule has 1 aromatic carbocycles. The number of carbonyl (C=O) groups is 3. The average molecular weight is 884 g/mol. The van der Waals surface area contributed by atoms with Crippen molar-refractivity contribution in [1.29, 1.82) is 0 Å². The van der Waals surface area contributed by atoms with E-state index in [0.717, 1.165) is 25.8 Å². The lowest BCUT2D eigenvalue weighted by Gasteiger charge is -2.38. The molecule has 20 heteroatoms. The summed E-state index contributed by atoms with van der Waals surface area (Å²) >= 11 is 0. The highest BCUT2D eigenvalue weighted by molar-refractivity contribution is 6.08. The Morgan fingerprint density at radius 1 is 1.08 bits per heavy atom. The van der Waals surface area contributed by atoms with Crippen molar-refractivity contribution in [1.82, 2.24) is 43.7 Å². The van der Waals surface area contributed by atoms with Crippen LogP contribution in [0.4, 0.5) is 24.7 Å². The van der Waals surface area contributed by atoms with E-state index in [1.54, 1.807) is 36.1 Å². The number of fused-ring (bicyclic) bond motifs is 4. The Balaban J connectivity index is 0.711. The number of hydrogen-bond acceptors (Lipinski definition) is 11. The third-order valence-corrected chi connectivity index (χ3v) is 13.5. The van der Waals surface area contributed by atoms with Gasteiger partial charge in [-0.05, 0) is 69.1 Å². The number of aryl methyl sites for hydroxylation is 1. The van der Waals surface area contributed by atoms with Crippen LogP contribution < -0.4 is 21.2 Å². The molecule has 1 aliphatic carbocycles. The Morgan fingerprint density at radius 3 is 2.67 bits per heavy atom. The molecule has 3 amide bonds. The largest absolute Gasteiger partial charge is 0.374 e. The summed E-state index contributed by atoms with van der Waals surface area (Å²) in [5.74, 6) is 5.56. The molecule has 2 bridgehead atoms. The summed E-state index contributed by atoms with van der Waals surface area (Å²) in [5, 5.41) is 13.5. The highest BCUT2D eigenvalue weighted by atomic mass is 19.3. The van der Waals surface area contributed by atoms with E-state index in [2.05, 4.69) is 42.5 Å². The molecule has 5 atom stereocenters. The summed E-state index contributed by atoms with van der Waals surface area (Å²) in [5.41, 5.74) is 1.21. The monoisotopic (exact) mass is 883 g/mol. The minimum absolute atomic E-state index is 0.00580. The van der Waals surface area contributed by atoms with E-state index in [1.807, 2.05) is 6.07 Å². The van der Waals surface area contributed by atoms with Crippen molar-refractivity contribution in [2.75, 3.05) is 49.6 Å². The summed E-state index contributed by atoms with van der Waals surface area (Å²) in [7, 11) is 1.61. The third-order valence-electron chi connectivity index (χ3n) is 13.5. The minimum atomic E-state index is -2.90. The summed E-state index contributed by atoms with van der Waals surface area (Å²) in [6, 6.07) is 6.40. The van der Waals surface area contributed by atoms with Gasteiger partial charge >= 0.3 is 5.69 Å². The zero-order valence-corrected chi connectivity index (χ0v) is 35.2. The number of aromatic nitrogens is 7. The Kier molecular flexibility index (Phi) is 11.2. The number of nitrogens with one attached hydrogen (secondary N) is 2. The highest BCUT2D eigenvalue weighted by Gasteiger charge is 2.40. The van der Waals surface area contributed by atoms with E-state index in [0.29, 0.717) is 72.9 Å². The maximum Gasteiger partial charge on any atom is 0.329 e. The van der Waals surface area contributed by atoms with Gasteiger partial charge in [-0.15, -0.1) is 0 Å². The predicted octanol–water partition coefficient (Wildman–Crippen LogP) is 3.94. The molecule has 8 heterocycles. The average Bonchev–Trinajstić information content (AvgIpc) is 4.13. The van der Waals surface area contributed by atoms with E-state index in [9.17, 15) is 28.0 Å². The number of anilines is 2. The van der Waals surface area contributed by atoms with Gasteiger partial charge in [0, 0.05) is 52.0 Å². The maximum atomic E-state index is 15.5. The summed E-state index contributed by atoms with van der Waals surface area (Å²) in [6.07, 6.45) is 4.87. The van der Waals surface area contributed by atoms with Gasteiger partial charge in [0.05, 0.1) is 59.4 Å². The van der Waals surface area contributed by atoms with Gasteiger partial charge in [-0.25, -0.2) is 27.5 Å². The molecule has 2 N–H and O–H groups in total. The van der Waals surface area contributed by atoms with Crippen LogP contribution in [0.1, 0.15) is 91.5 Å². The molecule has 10 rings (SSSR count). The molecule has 336 valence electrons. The lowest BCUT2D eigenvalue weighted by molar-refractivity contribution is -0.135. The van der Waals surface area contributed by atoms with Crippen LogP contribution in [0.5, 0.6) is 0 Å². The Hall–Kier alpha value is -6.04. The van der Waals surface area contributed by atoms with Gasteiger partial charge in [-0.2, -0.15) is 10.2 Å². The van der Waals surface area contributed by atoms with Crippen LogP contribution in [0.25, 0.3) is 16.7 Å². The molecule has 0 spiro atoms. The molecule has 4 aliphatic heterocycles. The number of amides is 3. The zero-order valence-electron chi connectivity index (χ0n) is 35.2. The van der Waals surface area contributed by atoms with Crippen molar-refractivity contribution >= 4 is 45.9 Å². The molecule has 5 aliphatic rings. The molecule has 17 nitrogen and oxygen atoms in total. The van der Waals surface area contributed by atoms with Gasteiger partial charge in [-0.1, -0.05) is 17.9 Å². The van der Waals surface area contributed by atoms with Gasteiger partial charge in [-0.3, -0.25) is 38.4 Å². The van der Waals surface area contributed by atoms with E-state index < -0.39 is 42.3 Å². The first-order valence-corrected chi connectivity index (χ1v) is 21.9. The number of imide groups is 1. The van der Waals surface area contributed by atoms with Crippen LogP contribution in [0.3, 0.4) is 0 Å². The SMILES string of the molecule is Cn1c(=O)n(C2CCC(=O)NC2=O)c2cccc(C#CCO[C@@H]3CCN(CC4CCC(n5cc(NC(=O)c6cnn7ccc(N8C[C@H]9C[C@@H]8CO9)nc67)c(C(F)F)n5)CC4)C[C@@H]3F)c21. The van der Waals surface area contributed by atoms with Crippen LogP contribution in [0.2, 0.25) is 0 Å². The Bertz CT molecular complexity index is 2750. The molecule has 0 radical (unpaired) electrons. The second-order valence-corrected chi connectivity index (χ2v) is 17.5. The van der Waals surface area contributed by atoms with Gasteiger partial charge < -0.3 is 19.7 Å². The molecular formula is C44H48F3N11O6. The molecule has 4 aromatic heterocycles. The lowest BCUT2D eigenvalue weighted by atomic mass is 9.85. The smallest absolute Gasteiger partial charge is 0.329 e. The fourth-order valence-electron chi connectivity index (χ4n) is 10.2. The minimum Gasteiger partial charge on any atom is -0.374 e. The van der Waals surface area contributed by atoms with Gasteiger partial charge in [0.1, 0.15) is 30.2 Å². The van der Waals surface area contributed by atoms with Crippen LogP contribution in [-0.2, 0) is 26.1 Å². The number of likely N-dealkylation sites (tertiary alicyclic amines) is 1. The normalized spacial score (nSPS) is 26.2. The van der Waals surface area contributed by atoms with Crippen LogP contribution >= 0.6 is 0 Å². The fraction of sp³-hybridized carbons (Fsp3) is 0.523. The molecule has 5 fully saturated rings. The van der Waals surface area contributed by atoms with Crippen molar-refractivity contribution in [3.63, 3.8) is 0 Å². The number of halogens is 3. The summed E-state index contributed by atoms with van der Waals surface area (Å²) < 4.78 is 61.5. The van der Waals surface area contributed by atoms with Gasteiger partial charge in [0.2, 0.25) is 11.8 Å². The Morgan fingerprint density at radius 2 is 1.92 bits per heavy atom. The number of rotatable bonds is 10. The predicted molar refractivity (Wildman–Crippen MR) is 226 cm³/mol. The number of piperidine rings is 2. The number of ether oxygens (including phenoxy) is 2. The Labute approximate surface area is 364 Å². The van der Waals surface area contributed by atoms with Crippen LogP contribution in [0, 0.1) is 17.8 Å². The molecule has 1 saturated carbocycles. The molecular weight excluding hydrogens is 836 g/mol. The third kappa shape index (κ3) is 7.93. The lowest BCUT2D eigenvalue weighted by Crippen LogP contribution is -2.47. The van der Waals surface area contributed by atoms with Crippen molar-refractivity contribution in [3.05, 3.63) is 70.2 Å². The first-order chi connectivity index (χ1) is 31.0. The van der Waals surface area contributed by atoms with E-state index in [4.69, 9.17) is 14.5 Å². The van der Waals surface area contributed by atoms with Crippen molar-refractivity contribution in [2.45, 2.75) is 94.3 Å². The number of hydrogen-bond donors (Lipinski definition) is 2. The van der Waals surface area contributed by atoms with E-state index in [-0.39, 0.29) is 67.0 Å². The number of para-hydroxylation sites is 1. The molecule has 5 aromatic rings. The zero-order chi connectivity index (χ0) is 44.2. The summed E-state index contributed by atoms with van der Waals surface area (Å²) in [6.45, 7) is 2.94. The number of carbonyl (C=O) groups excluding carboxylic acids is 3. The van der Waals surface area contributed by atoms with E-state index >= 15 is 4.39 Å².